The standard InChI is InChI=1S/C26H23Cl2F6N5O3/c27-12-19-20(22(37-42-19)17-3-1-2-4-18(17)28)23(40)21(35)24(38-5-7-41-8-6-38)39(36)13-14-9-15(25(29,30)31)11-16(10-14)26(32,33)34/h1-4,9-11H,5-8,12-13,35-36H2/b24-21-. The quantitative estimate of drug-likeness (QED) is 0.0797. The molecule has 4 rings (SSSR count). The first kappa shape index (κ1) is 31.5. The van der Waals surface area contributed by atoms with E-state index in [9.17, 15) is 31.1 Å². The summed E-state index contributed by atoms with van der Waals surface area (Å²) in [6, 6.07) is 7.55. The van der Waals surface area contributed by atoms with Crippen molar-refractivity contribution in [3.8, 4) is 11.3 Å². The lowest BCUT2D eigenvalue weighted by Gasteiger charge is -2.36. The zero-order valence-corrected chi connectivity index (χ0v) is 23.0. The molecule has 2 heterocycles. The van der Waals surface area contributed by atoms with Crippen molar-refractivity contribution in [1.82, 2.24) is 15.1 Å². The van der Waals surface area contributed by atoms with E-state index in [1.165, 1.54) is 4.90 Å². The number of carbonyl (C=O) groups is 1. The van der Waals surface area contributed by atoms with Crippen LogP contribution in [-0.4, -0.2) is 47.2 Å². The molecule has 1 saturated heterocycles. The Morgan fingerprint density at radius 1 is 1.02 bits per heavy atom. The molecule has 3 aromatic rings. The number of nitrogens with two attached hydrogens (primary N) is 2. The average molecular weight is 638 g/mol. The van der Waals surface area contributed by atoms with E-state index in [4.69, 9.17) is 44.0 Å². The Bertz CT molecular complexity index is 1450. The van der Waals surface area contributed by atoms with Crippen LogP contribution in [0.5, 0.6) is 0 Å². The van der Waals surface area contributed by atoms with Crippen LogP contribution >= 0.6 is 23.2 Å². The number of allylic oxidation sites excluding steroid dienone is 1. The molecule has 1 fully saturated rings. The van der Waals surface area contributed by atoms with Gasteiger partial charge >= 0.3 is 12.4 Å². The SMILES string of the molecule is N/C(C(=O)c1c(-c2ccccc2Cl)noc1CCl)=C(\N(N)Cc1cc(C(F)(F)F)cc(C(F)(F)F)c1)N1CCOCC1. The third-order valence-corrected chi connectivity index (χ3v) is 6.88. The summed E-state index contributed by atoms with van der Waals surface area (Å²) in [5, 5.41) is 4.99. The molecule has 8 nitrogen and oxygen atoms in total. The van der Waals surface area contributed by atoms with E-state index in [0.717, 1.165) is 5.01 Å². The van der Waals surface area contributed by atoms with Crippen molar-refractivity contribution in [3.05, 3.63) is 87.0 Å². The molecule has 0 atom stereocenters. The van der Waals surface area contributed by atoms with Gasteiger partial charge in [0, 0.05) is 18.7 Å². The van der Waals surface area contributed by atoms with Gasteiger partial charge in [-0.3, -0.25) is 9.80 Å². The Balaban J connectivity index is 1.81. The highest BCUT2D eigenvalue weighted by Crippen LogP contribution is 2.37. The molecule has 0 saturated carbocycles. The molecule has 0 aliphatic carbocycles. The Morgan fingerprint density at radius 2 is 1.62 bits per heavy atom. The van der Waals surface area contributed by atoms with Crippen molar-refractivity contribution in [3.63, 3.8) is 0 Å². The van der Waals surface area contributed by atoms with E-state index in [-0.39, 0.29) is 66.1 Å². The summed E-state index contributed by atoms with van der Waals surface area (Å²) in [6.45, 7) is 0.0297. The number of halogens is 8. The number of Topliss-reactive ketones (excluding diaryl/α,β-unsaturated/α-hetero) is 1. The number of morpholine rings is 1. The van der Waals surface area contributed by atoms with Crippen LogP contribution in [0, 0.1) is 0 Å². The monoisotopic (exact) mass is 637 g/mol. The lowest BCUT2D eigenvalue weighted by atomic mass is 10.0. The Kier molecular flexibility index (Phi) is 9.30. The van der Waals surface area contributed by atoms with Crippen molar-refractivity contribution in [2.75, 3.05) is 26.3 Å². The number of rotatable bonds is 8. The molecule has 1 aliphatic heterocycles. The number of nitrogens with zero attached hydrogens (tertiary/aromatic N) is 3. The maximum Gasteiger partial charge on any atom is 0.416 e. The smallest absolute Gasteiger partial charge is 0.393 e. The molecule has 0 amide bonds. The summed E-state index contributed by atoms with van der Waals surface area (Å²) >= 11 is 12.3. The number of hydrogen-bond donors (Lipinski definition) is 2. The van der Waals surface area contributed by atoms with Crippen molar-refractivity contribution in [2.45, 2.75) is 24.8 Å². The number of hydrogen-bond acceptors (Lipinski definition) is 8. The van der Waals surface area contributed by atoms with E-state index in [0.29, 0.717) is 17.7 Å². The maximum atomic E-state index is 13.9. The van der Waals surface area contributed by atoms with E-state index in [2.05, 4.69) is 5.16 Å². The molecule has 0 bridgehead atoms. The van der Waals surface area contributed by atoms with Gasteiger partial charge in [-0.1, -0.05) is 35.0 Å². The van der Waals surface area contributed by atoms with Gasteiger partial charge in [0.2, 0.25) is 5.78 Å². The number of ketones is 1. The van der Waals surface area contributed by atoms with Crippen LogP contribution in [0.4, 0.5) is 26.3 Å². The fourth-order valence-electron chi connectivity index (χ4n) is 4.39. The number of ether oxygens (including phenoxy) is 1. The van der Waals surface area contributed by atoms with Crippen LogP contribution in [0.1, 0.15) is 32.8 Å². The third kappa shape index (κ3) is 6.77. The van der Waals surface area contributed by atoms with Crippen molar-refractivity contribution in [1.29, 1.82) is 0 Å². The van der Waals surface area contributed by atoms with Gasteiger partial charge in [-0.25, -0.2) is 5.84 Å². The average Bonchev–Trinajstić information content (AvgIpc) is 3.36. The zero-order chi connectivity index (χ0) is 30.8. The molecule has 1 aromatic heterocycles. The lowest BCUT2D eigenvalue weighted by molar-refractivity contribution is -0.143. The van der Waals surface area contributed by atoms with Crippen LogP contribution in [0.15, 0.2) is 58.5 Å². The van der Waals surface area contributed by atoms with Crippen LogP contribution in [-0.2, 0) is 29.5 Å². The lowest BCUT2D eigenvalue weighted by Crippen LogP contribution is -2.47. The summed E-state index contributed by atoms with van der Waals surface area (Å²) in [5.74, 6) is 4.92. The van der Waals surface area contributed by atoms with Crippen molar-refractivity contribution >= 4 is 29.0 Å². The topological polar surface area (TPSA) is 111 Å². The van der Waals surface area contributed by atoms with Crippen molar-refractivity contribution < 1.29 is 40.4 Å². The van der Waals surface area contributed by atoms with Gasteiger partial charge in [-0.05, 0) is 29.8 Å². The van der Waals surface area contributed by atoms with E-state index >= 15 is 0 Å². The molecular weight excluding hydrogens is 615 g/mol. The molecule has 42 heavy (non-hydrogen) atoms. The van der Waals surface area contributed by atoms with Crippen molar-refractivity contribution in [2.24, 2.45) is 11.6 Å². The predicted octanol–water partition coefficient (Wildman–Crippen LogP) is 5.79. The normalized spacial score (nSPS) is 15.0. The molecule has 0 radical (unpaired) electrons. The minimum atomic E-state index is -5.06. The number of carbonyl (C=O) groups excluding carboxylic acids is 1. The maximum absolute atomic E-state index is 13.9. The molecule has 226 valence electrons. The van der Waals surface area contributed by atoms with E-state index in [1.54, 1.807) is 24.3 Å². The Morgan fingerprint density at radius 3 is 2.17 bits per heavy atom. The Labute approximate surface area is 245 Å². The fraction of sp³-hybridized carbons (Fsp3) is 0.308. The summed E-state index contributed by atoms with van der Waals surface area (Å²) < 4.78 is 91.3. The van der Waals surface area contributed by atoms with Gasteiger partial charge in [0.1, 0.15) is 17.2 Å². The first-order valence-corrected chi connectivity index (χ1v) is 13.1. The molecular formula is C26H23Cl2F6N5O3. The van der Waals surface area contributed by atoms with Gasteiger partial charge in [0.25, 0.3) is 0 Å². The molecule has 2 aromatic carbocycles. The summed E-state index contributed by atoms with van der Waals surface area (Å²) in [5.41, 5.74) is 2.67. The first-order chi connectivity index (χ1) is 19.7. The zero-order valence-electron chi connectivity index (χ0n) is 21.5. The molecule has 4 N–H and O–H groups in total. The minimum absolute atomic E-state index is 0.0107. The Hall–Kier alpha value is -3.46. The first-order valence-electron chi connectivity index (χ1n) is 12.2. The molecule has 1 aliphatic rings. The minimum Gasteiger partial charge on any atom is -0.393 e. The molecule has 16 heteroatoms. The highest BCUT2D eigenvalue weighted by molar-refractivity contribution is 6.33. The molecule has 0 spiro atoms. The van der Waals surface area contributed by atoms with Crippen LogP contribution < -0.4 is 11.6 Å². The number of benzene rings is 2. The van der Waals surface area contributed by atoms with Crippen LogP contribution in [0.3, 0.4) is 0 Å². The fourth-order valence-corrected chi connectivity index (χ4v) is 4.79. The second kappa shape index (κ2) is 12.4. The second-order valence-corrected chi connectivity index (χ2v) is 9.83. The predicted molar refractivity (Wildman–Crippen MR) is 141 cm³/mol. The largest absolute Gasteiger partial charge is 0.416 e. The summed E-state index contributed by atoms with van der Waals surface area (Å²) in [4.78, 5) is 15.4. The number of alkyl halides is 7. The van der Waals surface area contributed by atoms with Crippen LogP contribution in [0.2, 0.25) is 5.02 Å². The summed E-state index contributed by atoms with van der Waals surface area (Å²) in [7, 11) is 0. The highest BCUT2D eigenvalue weighted by atomic mass is 35.5. The van der Waals surface area contributed by atoms with Gasteiger partial charge < -0.3 is 19.9 Å². The highest BCUT2D eigenvalue weighted by Gasteiger charge is 2.37. The van der Waals surface area contributed by atoms with Gasteiger partial charge in [-0.15, -0.1) is 11.6 Å². The number of hydrazine groups is 1. The van der Waals surface area contributed by atoms with Gasteiger partial charge in [0.05, 0.1) is 47.4 Å². The van der Waals surface area contributed by atoms with Gasteiger partial charge in [-0.2, -0.15) is 26.3 Å². The second-order valence-electron chi connectivity index (χ2n) is 9.15. The van der Waals surface area contributed by atoms with Crippen LogP contribution in [0.25, 0.3) is 11.3 Å². The summed E-state index contributed by atoms with van der Waals surface area (Å²) in [6.07, 6.45) is -10.1. The number of aromatic nitrogens is 1. The van der Waals surface area contributed by atoms with Gasteiger partial charge in [0.15, 0.2) is 5.76 Å². The van der Waals surface area contributed by atoms with E-state index < -0.39 is 47.1 Å². The third-order valence-electron chi connectivity index (χ3n) is 6.31. The van der Waals surface area contributed by atoms with E-state index in [1.807, 2.05) is 0 Å². The molecule has 0 unspecified atom stereocenters.